The van der Waals surface area contributed by atoms with Gasteiger partial charge in [-0.15, -0.1) is 0 Å². The third-order valence-corrected chi connectivity index (χ3v) is 4.62. The molecular weight excluding hydrogens is 340 g/mol. The number of rotatable bonds is 6. The topological polar surface area (TPSA) is 69.7 Å². The van der Waals surface area contributed by atoms with Crippen molar-refractivity contribution >= 4 is 32.6 Å². The Hall–Kier alpha value is -2.80. The number of thiazole rings is 1. The van der Waals surface area contributed by atoms with Gasteiger partial charge in [0, 0.05) is 11.6 Å². The zero-order valence-corrected chi connectivity index (χ0v) is 15.0. The van der Waals surface area contributed by atoms with Crippen molar-refractivity contribution in [2.75, 3.05) is 26.6 Å². The van der Waals surface area contributed by atoms with Crippen molar-refractivity contribution in [1.82, 2.24) is 4.98 Å². The lowest BCUT2D eigenvalue weighted by atomic mass is 10.1. The van der Waals surface area contributed by atoms with Crippen LogP contribution in [0.15, 0.2) is 36.4 Å². The van der Waals surface area contributed by atoms with Gasteiger partial charge in [0.25, 0.3) is 0 Å². The normalized spacial score (nSPS) is 10.5. The number of anilines is 1. The number of aromatic nitrogens is 1. The van der Waals surface area contributed by atoms with Gasteiger partial charge in [-0.25, -0.2) is 4.98 Å². The summed E-state index contributed by atoms with van der Waals surface area (Å²) < 4.78 is 16.7. The standard InChI is InChI=1S/C18H18N2O4S/c1-22-12-5-4-11(15(9-12)24-3)8-17(21)20-18-19-14-7-6-13(23-2)10-16(14)25-18/h4-7,9-10H,8H2,1-3H3,(H,19,20,21). The Bertz CT molecular complexity index is 907. The van der Waals surface area contributed by atoms with Gasteiger partial charge < -0.3 is 19.5 Å². The van der Waals surface area contributed by atoms with Crippen molar-refractivity contribution in [1.29, 1.82) is 0 Å². The fourth-order valence-corrected chi connectivity index (χ4v) is 3.33. The van der Waals surface area contributed by atoms with E-state index in [9.17, 15) is 4.79 Å². The zero-order chi connectivity index (χ0) is 17.8. The Morgan fingerprint density at radius 1 is 1.04 bits per heavy atom. The minimum Gasteiger partial charge on any atom is -0.497 e. The average molecular weight is 358 g/mol. The van der Waals surface area contributed by atoms with Crippen molar-refractivity contribution < 1.29 is 19.0 Å². The van der Waals surface area contributed by atoms with Crippen molar-refractivity contribution in [3.05, 3.63) is 42.0 Å². The highest BCUT2D eigenvalue weighted by molar-refractivity contribution is 7.22. The summed E-state index contributed by atoms with van der Waals surface area (Å²) in [6, 6.07) is 11.0. The quantitative estimate of drug-likeness (QED) is 0.730. The minimum atomic E-state index is -0.158. The molecule has 0 saturated heterocycles. The monoisotopic (exact) mass is 358 g/mol. The molecule has 0 aliphatic rings. The van der Waals surface area contributed by atoms with E-state index in [1.165, 1.54) is 11.3 Å². The summed E-state index contributed by atoms with van der Waals surface area (Å²) in [5, 5.41) is 3.39. The van der Waals surface area contributed by atoms with Crippen molar-refractivity contribution in [2.24, 2.45) is 0 Å². The number of hydrogen-bond donors (Lipinski definition) is 1. The van der Waals surface area contributed by atoms with E-state index in [4.69, 9.17) is 14.2 Å². The lowest BCUT2D eigenvalue weighted by molar-refractivity contribution is -0.115. The third-order valence-electron chi connectivity index (χ3n) is 3.69. The molecule has 1 heterocycles. The average Bonchev–Trinajstić information content (AvgIpc) is 3.02. The molecule has 0 bridgehead atoms. The van der Waals surface area contributed by atoms with E-state index in [-0.39, 0.29) is 12.3 Å². The Labute approximate surface area is 149 Å². The predicted molar refractivity (Wildman–Crippen MR) is 98.1 cm³/mol. The van der Waals surface area contributed by atoms with E-state index in [2.05, 4.69) is 10.3 Å². The first-order valence-corrected chi connectivity index (χ1v) is 8.40. The van der Waals surface area contributed by atoms with Gasteiger partial charge in [-0.3, -0.25) is 4.79 Å². The van der Waals surface area contributed by atoms with E-state index in [1.807, 2.05) is 24.3 Å². The van der Waals surface area contributed by atoms with E-state index < -0.39 is 0 Å². The fourth-order valence-electron chi connectivity index (χ4n) is 2.42. The molecule has 0 atom stereocenters. The molecule has 3 aromatic rings. The van der Waals surface area contributed by atoms with Crippen LogP contribution in [0.2, 0.25) is 0 Å². The number of benzene rings is 2. The molecule has 0 aliphatic heterocycles. The summed E-state index contributed by atoms with van der Waals surface area (Å²) >= 11 is 1.41. The summed E-state index contributed by atoms with van der Waals surface area (Å²) in [5.74, 6) is 1.90. The maximum absolute atomic E-state index is 12.3. The predicted octanol–water partition coefficient (Wildman–Crippen LogP) is 3.50. The van der Waals surface area contributed by atoms with Crippen molar-refractivity contribution in [3.8, 4) is 17.2 Å². The van der Waals surface area contributed by atoms with Crippen LogP contribution < -0.4 is 19.5 Å². The maximum Gasteiger partial charge on any atom is 0.230 e. The molecule has 1 aromatic heterocycles. The fraction of sp³-hybridized carbons (Fsp3) is 0.222. The summed E-state index contributed by atoms with van der Waals surface area (Å²) in [7, 11) is 4.77. The third kappa shape index (κ3) is 3.83. The highest BCUT2D eigenvalue weighted by atomic mass is 32.1. The minimum absolute atomic E-state index is 0.158. The second kappa shape index (κ2) is 7.40. The van der Waals surface area contributed by atoms with Crippen LogP contribution in [-0.4, -0.2) is 32.2 Å². The number of ether oxygens (including phenoxy) is 3. The number of nitrogens with zero attached hydrogens (tertiary/aromatic N) is 1. The van der Waals surface area contributed by atoms with Gasteiger partial charge in [0.05, 0.1) is 38.0 Å². The van der Waals surface area contributed by atoms with E-state index in [0.29, 0.717) is 16.6 Å². The molecule has 0 saturated carbocycles. The van der Waals surface area contributed by atoms with Crippen LogP contribution in [0.3, 0.4) is 0 Å². The molecule has 0 spiro atoms. The van der Waals surface area contributed by atoms with E-state index in [1.54, 1.807) is 33.5 Å². The molecule has 0 aliphatic carbocycles. The van der Waals surface area contributed by atoms with Gasteiger partial charge in [0.1, 0.15) is 17.2 Å². The van der Waals surface area contributed by atoms with Crippen LogP contribution in [0.1, 0.15) is 5.56 Å². The van der Waals surface area contributed by atoms with Crippen LogP contribution >= 0.6 is 11.3 Å². The second-order valence-electron chi connectivity index (χ2n) is 5.26. The summed E-state index contributed by atoms with van der Waals surface area (Å²) in [6.45, 7) is 0. The number of carbonyl (C=O) groups is 1. The molecule has 0 radical (unpaired) electrons. The summed E-state index contributed by atoms with van der Waals surface area (Å²) in [5.41, 5.74) is 1.60. The number of nitrogens with one attached hydrogen (secondary N) is 1. The number of amides is 1. The highest BCUT2D eigenvalue weighted by Gasteiger charge is 2.12. The van der Waals surface area contributed by atoms with Gasteiger partial charge in [-0.1, -0.05) is 17.4 Å². The van der Waals surface area contributed by atoms with Crippen LogP contribution in [0.25, 0.3) is 10.2 Å². The van der Waals surface area contributed by atoms with Crippen molar-refractivity contribution in [2.45, 2.75) is 6.42 Å². The molecule has 2 aromatic carbocycles. The summed E-state index contributed by atoms with van der Waals surface area (Å²) in [4.78, 5) is 16.8. The van der Waals surface area contributed by atoms with Crippen LogP contribution in [0.5, 0.6) is 17.2 Å². The van der Waals surface area contributed by atoms with E-state index >= 15 is 0 Å². The van der Waals surface area contributed by atoms with Crippen LogP contribution in [0.4, 0.5) is 5.13 Å². The molecule has 6 nitrogen and oxygen atoms in total. The largest absolute Gasteiger partial charge is 0.497 e. The van der Waals surface area contributed by atoms with E-state index in [0.717, 1.165) is 21.5 Å². The smallest absolute Gasteiger partial charge is 0.230 e. The Morgan fingerprint density at radius 3 is 2.48 bits per heavy atom. The van der Waals surface area contributed by atoms with Gasteiger partial charge in [0.15, 0.2) is 5.13 Å². The number of carbonyl (C=O) groups excluding carboxylic acids is 1. The van der Waals surface area contributed by atoms with Gasteiger partial charge in [-0.2, -0.15) is 0 Å². The molecule has 1 amide bonds. The van der Waals surface area contributed by atoms with Gasteiger partial charge in [-0.05, 0) is 24.3 Å². The molecule has 0 unspecified atom stereocenters. The van der Waals surface area contributed by atoms with Gasteiger partial charge in [0.2, 0.25) is 5.91 Å². The molecule has 0 fully saturated rings. The Balaban J connectivity index is 1.74. The Morgan fingerprint density at radius 2 is 1.76 bits per heavy atom. The van der Waals surface area contributed by atoms with Gasteiger partial charge >= 0.3 is 0 Å². The molecule has 3 rings (SSSR count). The number of methoxy groups -OCH3 is 3. The lowest BCUT2D eigenvalue weighted by Crippen LogP contribution is -2.14. The van der Waals surface area contributed by atoms with Crippen LogP contribution in [0, 0.1) is 0 Å². The maximum atomic E-state index is 12.3. The first-order valence-electron chi connectivity index (χ1n) is 7.58. The highest BCUT2D eigenvalue weighted by Crippen LogP contribution is 2.30. The first kappa shape index (κ1) is 17.0. The second-order valence-corrected chi connectivity index (χ2v) is 6.29. The summed E-state index contributed by atoms with van der Waals surface area (Å²) in [6.07, 6.45) is 0.187. The number of fused-ring (bicyclic) bond motifs is 1. The molecule has 130 valence electrons. The van der Waals surface area contributed by atoms with Crippen molar-refractivity contribution in [3.63, 3.8) is 0 Å². The molecular formula is C18H18N2O4S. The molecule has 7 heteroatoms. The lowest BCUT2D eigenvalue weighted by Gasteiger charge is -2.10. The molecule has 25 heavy (non-hydrogen) atoms. The number of hydrogen-bond acceptors (Lipinski definition) is 6. The zero-order valence-electron chi connectivity index (χ0n) is 14.2. The van der Waals surface area contributed by atoms with Crippen LogP contribution in [-0.2, 0) is 11.2 Å². The first-order chi connectivity index (χ1) is 12.1. The Kier molecular flexibility index (Phi) is 5.04. The molecule has 1 N–H and O–H groups in total. The SMILES string of the molecule is COc1ccc(CC(=O)Nc2nc3ccc(OC)cc3s2)c(OC)c1.